The van der Waals surface area contributed by atoms with Crippen molar-refractivity contribution in [3.63, 3.8) is 0 Å². The second-order valence-electron chi connectivity index (χ2n) is 15.2. The van der Waals surface area contributed by atoms with Crippen molar-refractivity contribution in [3.8, 4) is 5.75 Å². The van der Waals surface area contributed by atoms with E-state index in [0.29, 0.717) is 17.9 Å². The zero-order valence-electron chi connectivity index (χ0n) is 31.7. The summed E-state index contributed by atoms with van der Waals surface area (Å²) in [7, 11) is 6.06. The lowest BCUT2D eigenvalue weighted by Crippen LogP contribution is -2.53. The molecule has 1 aromatic carbocycles. The average molecular weight is 765 g/mol. The Morgan fingerprint density at radius 3 is 2.54 bits per heavy atom. The minimum atomic E-state index is -1.58. The highest BCUT2D eigenvalue weighted by molar-refractivity contribution is 7.81. The van der Waals surface area contributed by atoms with Crippen molar-refractivity contribution in [2.75, 3.05) is 33.2 Å². The van der Waals surface area contributed by atoms with Crippen LogP contribution in [0.1, 0.15) is 72.8 Å². The van der Waals surface area contributed by atoms with Gasteiger partial charge < -0.3 is 38.6 Å². The number of likely N-dealkylation sites (N-methyl/N-ethyl adjacent to an activating group) is 1. The van der Waals surface area contributed by atoms with Gasteiger partial charge in [-0.05, 0) is 44.9 Å². The van der Waals surface area contributed by atoms with E-state index in [1.54, 1.807) is 59.0 Å². The standard InChI is InChI=1S/C38H53ClN2O10S/c1-21-12-11-13-28(48-10)38(46)18-27(49-32(44)20-38)22(2)34-37(6,51-34)29(50-35(45)23(3)40(7)31(43)19-36(4,5)52)17-30(42)41(8)25-15-24(14-21)16-26(47-9)33(25)39/h11-13,15-16,22-23,27-29,34,46,52H,14,17-20H2,1-10H3/b13-11+,21-12+/t22-,23+,27+,28-,29+,34+,37+,38-/m1/s1. The Labute approximate surface area is 317 Å². The number of carbonyl (C=O) groups excluding carboxylic acids is 4. The van der Waals surface area contributed by atoms with Crippen LogP contribution in [0.25, 0.3) is 0 Å². The predicted molar refractivity (Wildman–Crippen MR) is 200 cm³/mol. The number of aliphatic hydroxyl groups is 1. The lowest BCUT2D eigenvalue weighted by atomic mass is 9.78. The van der Waals surface area contributed by atoms with Gasteiger partial charge in [0.05, 0.1) is 31.7 Å². The number of rotatable bonds is 7. The van der Waals surface area contributed by atoms with Crippen molar-refractivity contribution in [2.24, 2.45) is 5.92 Å². The number of epoxide rings is 1. The third-order valence-electron chi connectivity index (χ3n) is 10.4. The summed E-state index contributed by atoms with van der Waals surface area (Å²) in [4.78, 5) is 56.5. The van der Waals surface area contributed by atoms with Crippen LogP contribution in [-0.2, 0) is 44.5 Å². The van der Waals surface area contributed by atoms with Crippen LogP contribution in [0.15, 0.2) is 35.9 Å². The Morgan fingerprint density at radius 1 is 1.25 bits per heavy atom. The summed E-state index contributed by atoms with van der Waals surface area (Å²) in [6.07, 6.45) is 2.05. The largest absolute Gasteiger partial charge is 0.495 e. The number of thiol groups is 1. The molecule has 8 atom stereocenters. The molecule has 4 bridgehead atoms. The van der Waals surface area contributed by atoms with Crippen LogP contribution >= 0.6 is 24.2 Å². The minimum absolute atomic E-state index is 0.0586. The van der Waals surface area contributed by atoms with E-state index in [0.717, 1.165) is 11.1 Å². The van der Waals surface area contributed by atoms with Gasteiger partial charge in [0.2, 0.25) is 11.8 Å². The lowest BCUT2D eigenvalue weighted by Gasteiger charge is -2.41. The zero-order chi connectivity index (χ0) is 38.9. The van der Waals surface area contributed by atoms with Gasteiger partial charge in [-0.25, -0.2) is 4.79 Å². The first-order valence-electron chi connectivity index (χ1n) is 17.4. The second-order valence-corrected chi connectivity index (χ2v) is 16.8. The fourth-order valence-corrected chi connectivity index (χ4v) is 7.41. The van der Waals surface area contributed by atoms with Gasteiger partial charge in [0.1, 0.15) is 46.3 Å². The number of amides is 2. The Bertz CT molecular complexity index is 1610. The monoisotopic (exact) mass is 764 g/mol. The number of fused-ring (bicyclic) bond motifs is 5. The second kappa shape index (κ2) is 16.1. The van der Waals surface area contributed by atoms with Gasteiger partial charge >= 0.3 is 11.9 Å². The number of hydrogen-bond acceptors (Lipinski definition) is 11. The van der Waals surface area contributed by atoms with Gasteiger partial charge in [0.15, 0.2) is 0 Å². The van der Waals surface area contributed by atoms with Crippen molar-refractivity contribution in [2.45, 2.75) is 120 Å². The molecule has 0 saturated carbocycles. The maximum atomic E-state index is 14.1. The molecule has 0 aliphatic carbocycles. The molecule has 288 valence electrons. The average Bonchev–Trinajstić information content (AvgIpc) is 3.75. The maximum Gasteiger partial charge on any atom is 0.328 e. The van der Waals surface area contributed by atoms with Gasteiger partial charge in [-0.15, -0.1) is 0 Å². The molecule has 0 unspecified atom stereocenters. The Morgan fingerprint density at radius 2 is 1.92 bits per heavy atom. The predicted octanol–water partition coefficient (Wildman–Crippen LogP) is 4.86. The first-order chi connectivity index (χ1) is 24.1. The minimum Gasteiger partial charge on any atom is -0.495 e. The molecule has 0 aromatic heterocycles. The highest BCUT2D eigenvalue weighted by Gasteiger charge is 2.64. The molecule has 2 amide bonds. The quantitative estimate of drug-likeness (QED) is 0.225. The Hall–Kier alpha value is -3.10. The number of ether oxygens (including phenoxy) is 5. The van der Waals surface area contributed by atoms with E-state index in [9.17, 15) is 24.3 Å². The molecule has 3 aliphatic rings. The summed E-state index contributed by atoms with van der Waals surface area (Å²) in [5.41, 5.74) is -0.614. The van der Waals surface area contributed by atoms with Crippen LogP contribution in [0.2, 0.25) is 5.02 Å². The molecular formula is C38H53ClN2O10S. The number of allylic oxidation sites excluding steroid dienone is 3. The molecule has 14 heteroatoms. The van der Waals surface area contributed by atoms with E-state index < -0.39 is 70.2 Å². The van der Waals surface area contributed by atoms with E-state index >= 15 is 0 Å². The SMILES string of the molecule is COc1cc2cc(c1Cl)N(C)C(=O)C[C@H](OC(=O)[C@H](C)N(C)C(=O)CC(C)(C)S)[C@]1(C)O[C@H]1[C@H](C)[C@@H]1C[C@@](O)(CC(=O)O1)[C@H](OC)/C=C/C=C(\C)C2. The number of anilines is 1. The number of benzene rings is 1. The molecule has 3 aliphatic heterocycles. The van der Waals surface area contributed by atoms with Crippen molar-refractivity contribution in [3.05, 3.63) is 46.5 Å². The number of halogens is 1. The summed E-state index contributed by atoms with van der Waals surface area (Å²) >= 11 is 11.2. The summed E-state index contributed by atoms with van der Waals surface area (Å²) in [5, 5.41) is 12.1. The van der Waals surface area contributed by atoms with E-state index in [4.69, 9.17) is 35.3 Å². The van der Waals surface area contributed by atoms with Crippen molar-refractivity contribution in [1.82, 2.24) is 4.90 Å². The number of carbonyl (C=O) groups is 4. The maximum absolute atomic E-state index is 14.1. The topological polar surface area (TPSA) is 144 Å². The van der Waals surface area contributed by atoms with E-state index in [-0.39, 0.29) is 36.6 Å². The first-order valence-corrected chi connectivity index (χ1v) is 18.2. The molecule has 0 radical (unpaired) electrons. The van der Waals surface area contributed by atoms with Gasteiger partial charge in [0, 0.05) is 44.7 Å². The van der Waals surface area contributed by atoms with Crippen LogP contribution in [0.4, 0.5) is 5.69 Å². The zero-order valence-corrected chi connectivity index (χ0v) is 33.4. The molecule has 52 heavy (non-hydrogen) atoms. The number of hydrogen-bond donors (Lipinski definition) is 2. The molecule has 2 fully saturated rings. The van der Waals surface area contributed by atoms with Crippen LogP contribution in [0.3, 0.4) is 0 Å². The third kappa shape index (κ3) is 9.33. The van der Waals surface area contributed by atoms with E-state index in [1.807, 2.05) is 19.9 Å². The summed E-state index contributed by atoms with van der Waals surface area (Å²) < 4.78 is 28.8. The normalized spacial score (nSPS) is 32.1. The molecule has 2 saturated heterocycles. The highest BCUT2D eigenvalue weighted by atomic mass is 35.5. The van der Waals surface area contributed by atoms with E-state index in [1.165, 1.54) is 31.1 Å². The fourth-order valence-electron chi connectivity index (χ4n) is 6.97. The molecule has 0 spiro atoms. The van der Waals surface area contributed by atoms with Crippen LogP contribution in [0.5, 0.6) is 5.75 Å². The fraction of sp³-hybridized carbons (Fsp3) is 0.632. The molecule has 3 heterocycles. The summed E-state index contributed by atoms with van der Waals surface area (Å²) in [5.74, 6) is -2.16. The molecular weight excluding hydrogens is 712 g/mol. The highest BCUT2D eigenvalue weighted by Crippen LogP contribution is 2.50. The van der Waals surface area contributed by atoms with Crippen molar-refractivity contribution < 1.29 is 48.0 Å². The van der Waals surface area contributed by atoms with Gasteiger partial charge in [-0.1, -0.05) is 56.2 Å². The molecule has 1 N–H and O–H groups in total. The summed E-state index contributed by atoms with van der Waals surface area (Å²) in [6.45, 7) is 10.6. The smallest absolute Gasteiger partial charge is 0.328 e. The van der Waals surface area contributed by atoms with Gasteiger partial charge in [0.25, 0.3) is 0 Å². The van der Waals surface area contributed by atoms with Gasteiger partial charge in [-0.3, -0.25) is 14.4 Å². The molecule has 4 rings (SSSR count). The van der Waals surface area contributed by atoms with Crippen molar-refractivity contribution >= 4 is 53.7 Å². The molecule has 12 nitrogen and oxygen atoms in total. The van der Waals surface area contributed by atoms with Crippen LogP contribution < -0.4 is 9.64 Å². The Kier molecular flexibility index (Phi) is 12.9. The lowest BCUT2D eigenvalue weighted by molar-refractivity contribution is -0.187. The van der Waals surface area contributed by atoms with Gasteiger partial charge in [-0.2, -0.15) is 12.6 Å². The number of esters is 2. The molecule has 1 aromatic rings. The number of nitrogens with zero attached hydrogens (tertiary/aromatic N) is 2. The first kappa shape index (κ1) is 41.7. The summed E-state index contributed by atoms with van der Waals surface area (Å²) in [6, 6.07) is 2.61. The number of methoxy groups -OCH3 is 2. The van der Waals surface area contributed by atoms with Crippen LogP contribution in [-0.4, -0.2) is 108 Å². The van der Waals surface area contributed by atoms with E-state index in [2.05, 4.69) is 12.6 Å². The van der Waals surface area contributed by atoms with Crippen molar-refractivity contribution in [1.29, 1.82) is 0 Å². The van der Waals surface area contributed by atoms with Crippen LogP contribution in [0, 0.1) is 5.92 Å². The third-order valence-corrected chi connectivity index (χ3v) is 10.9. The Balaban J connectivity index is 1.76.